The van der Waals surface area contributed by atoms with Crippen molar-refractivity contribution in [2.45, 2.75) is 6.92 Å². The van der Waals surface area contributed by atoms with E-state index in [2.05, 4.69) is 10.3 Å². The second kappa shape index (κ2) is 6.48. The van der Waals surface area contributed by atoms with Crippen LogP contribution in [-0.2, 0) is 0 Å². The molecule has 0 saturated carbocycles. The number of carbonyl (C=O) groups is 1. The van der Waals surface area contributed by atoms with E-state index in [-0.39, 0.29) is 11.7 Å². The molecule has 0 aliphatic rings. The predicted octanol–water partition coefficient (Wildman–Crippen LogP) is 5.16. The van der Waals surface area contributed by atoms with E-state index < -0.39 is 0 Å². The van der Waals surface area contributed by atoms with Crippen LogP contribution in [-0.4, -0.2) is 10.9 Å². The average Bonchev–Trinajstić information content (AvgIpc) is 3.00. The molecule has 0 fully saturated rings. The van der Waals surface area contributed by atoms with Gasteiger partial charge in [0.2, 0.25) is 0 Å². The molecule has 2 aromatic carbocycles. The Morgan fingerprint density at radius 1 is 1.26 bits per heavy atom. The van der Waals surface area contributed by atoms with Crippen molar-refractivity contribution in [2.24, 2.45) is 0 Å². The van der Waals surface area contributed by atoms with Crippen LogP contribution < -0.4 is 5.32 Å². The summed E-state index contributed by atoms with van der Waals surface area (Å²) in [6.07, 6.45) is 0. The number of halogens is 2. The summed E-state index contributed by atoms with van der Waals surface area (Å²) < 4.78 is 13.1. The van der Waals surface area contributed by atoms with Gasteiger partial charge in [-0.3, -0.25) is 4.79 Å². The molecule has 23 heavy (non-hydrogen) atoms. The van der Waals surface area contributed by atoms with E-state index in [4.69, 9.17) is 11.6 Å². The smallest absolute Gasteiger partial charge is 0.275 e. The number of benzene rings is 2. The Morgan fingerprint density at radius 3 is 2.83 bits per heavy atom. The molecule has 0 aliphatic carbocycles. The van der Waals surface area contributed by atoms with Crippen LogP contribution in [0.3, 0.4) is 0 Å². The number of thiazole rings is 1. The van der Waals surface area contributed by atoms with E-state index in [1.54, 1.807) is 24.4 Å². The van der Waals surface area contributed by atoms with Crippen LogP contribution >= 0.6 is 22.9 Å². The summed E-state index contributed by atoms with van der Waals surface area (Å²) in [6.45, 7) is 1.73. The Bertz CT molecular complexity index is 879. The second-order valence-corrected chi connectivity index (χ2v) is 6.26. The van der Waals surface area contributed by atoms with Gasteiger partial charge in [0.25, 0.3) is 5.91 Å². The molecule has 3 nitrogen and oxygen atoms in total. The Balaban J connectivity index is 1.81. The van der Waals surface area contributed by atoms with Crippen LogP contribution in [0.4, 0.5) is 10.1 Å². The van der Waals surface area contributed by atoms with Gasteiger partial charge in [-0.25, -0.2) is 9.37 Å². The third kappa shape index (κ3) is 3.57. The van der Waals surface area contributed by atoms with Crippen molar-refractivity contribution in [1.82, 2.24) is 4.98 Å². The molecule has 0 atom stereocenters. The average molecular weight is 347 g/mol. The summed E-state index contributed by atoms with van der Waals surface area (Å²) in [5.41, 5.74) is 2.39. The lowest BCUT2D eigenvalue weighted by Gasteiger charge is -2.06. The number of aromatic nitrogens is 1. The molecule has 3 rings (SSSR count). The number of anilines is 1. The molecular weight excluding hydrogens is 335 g/mol. The molecule has 1 aromatic heterocycles. The second-order valence-electron chi connectivity index (χ2n) is 4.96. The molecule has 1 N–H and O–H groups in total. The fourth-order valence-electron chi connectivity index (χ4n) is 2.09. The van der Waals surface area contributed by atoms with Crippen molar-refractivity contribution in [3.05, 3.63) is 69.9 Å². The van der Waals surface area contributed by atoms with Crippen molar-refractivity contribution < 1.29 is 9.18 Å². The molecule has 0 saturated heterocycles. The lowest BCUT2D eigenvalue weighted by molar-refractivity contribution is 0.102. The quantitative estimate of drug-likeness (QED) is 0.711. The summed E-state index contributed by atoms with van der Waals surface area (Å²) in [5, 5.41) is 5.76. The third-order valence-corrected chi connectivity index (χ3v) is 4.37. The minimum Gasteiger partial charge on any atom is -0.320 e. The fraction of sp³-hybridized carbons (Fsp3) is 0.0588. The zero-order chi connectivity index (χ0) is 16.4. The molecule has 0 radical (unpaired) electrons. The van der Waals surface area contributed by atoms with E-state index in [0.717, 1.165) is 5.56 Å². The first-order valence-corrected chi connectivity index (χ1v) is 8.07. The molecule has 0 bridgehead atoms. The number of carbonyl (C=O) groups excluding carboxylic acids is 1. The Morgan fingerprint density at radius 2 is 2.09 bits per heavy atom. The maximum atomic E-state index is 13.1. The van der Waals surface area contributed by atoms with Crippen LogP contribution in [0, 0.1) is 12.7 Å². The number of hydrogen-bond acceptors (Lipinski definition) is 3. The number of nitrogens with zero attached hydrogens (tertiary/aromatic N) is 1. The number of hydrogen-bond donors (Lipinski definition) is 1. The van der Waals surface area contributed by atoms with Crippen molar-refractivity contribution in [3.63, 3.8) is 0 Å². The van der Waals surface area contributed by atoms with Gasteiger partial charge in [0.05, 0.1) is 0 Å². The minimum atomic E-state index is -0.336. The Labute approximate surface area is 141 Å². The largest absolute Gasteiger partial charge is 0.320 e. The first-order valence-electron chi connectivity index (χ1n) is 6.82. The van der Waals surface area contributed by atoms with Crippen LogP contribution in [0.15, 0.2) is 47.8 Å². The molecule has 3 aromatic rings. The molecule has 6 heteroatoms. The summed E-state index contributed by atoms with van der Waals surface area (Å²) >= 11 is 7.33. The normalized spacial score (nSPS) is 10.6. The van der Waals surface area contributed by atoms with Crippen LogP contribution in [0.1, 0.15) is 16.1 Å². The zero-order valence-electron chi connectivity index (χ0n) is 12.1. The summed E-state index contributed by atoms with van der Waals surface area (Å²) in [6, 6.07) is 11.5. The number of rotatable bonds is 3. The Kier molecular flexibility index (Phi) is 4.41. The summed E-state index contributed by atoms with van der Waals surface area (Å²) in [7, 11) is 0. The molecule has 0 unspecified atom stereocenters. The monoisotopic (exact) mass is 346 g/mol. The van der Waals surface area contributed by atoms with E-state index in [1.165, 1.54) is 29.5 Å². The molecule has 116 valence electrons. The lowest BCUT2D eigenvalue weighted by atomic mass is 10.2. The van der Waals surface area contributed by atoms with Gasteiger partial charge >= 0.3 is 0 Å². The van der Waals surface area contributed by atoms with Crippen molar-refractivity contribution in [1.29, 1.82) is 0 Å². The predicted molar refractivity (Wildman–Crippen MR) is 91.7 cm³/mol. The zero-order valence-corrected chi connectivity index (χ0v) is 13.7. The van der Waals surface area contributed by atoms with Gasteiger partial charge < -0.3 is 5.32 Å². The highest BCUT2D eigenvalue weighted by Crippen LogP contribution is 2.26. The topological polar surface area (TPSA) is 42.0 Å². The highest BCUT2D eigenvalue weighted by molar-refractivity contribution is 7.13. The van der Waals surface area contributed by atoms with Crippen molar-refractivity contribution in [2.75, 3.05) is 5.32 Å². The van der Waals surface area contributed by atoms with Crippen molar-refractivity contribution in [3.8, 4) is 10.6 Å². The number of nitrogens with one attached hydrogen (secondary N) is 1. The maximum Gasteiger partial charge on any atom is 0.275 e. The van der Waals surface area contributed by atoms with Crippen LogP contribution in [0.25, 0.3) is 10.6 Å². The van der Waals surface area contributed by atoms with Gasteiger partial charge in [-0.2, -0.15) is 0 Å². The molecular formula is C17H12ClFN2OS. The number of amides is 1. The van der Waals surface area contributed by atoms with E-state index in [1.807, 2.05) is 12.1 Å². The summed E-state index contributed by atoms with van der Waals surface area (Å²) in [5.74, 6) is -0.665. The highest BCUT2D eigenvalue weighted by Gasteiger charge is 2.13. The molecule has 1 heterocycles. The number of aryl methyl sites for hydroxylation is 1. The van der Waals surface area contributed by atoms with Gasteiger partial charge in [-0.05, 0) is 42.8 Å². The first kappa shape index (κ1) is 15.6. The van der Waals surface area contributed by atoms with Crippen LogP contribution in [0.2, 0.25) is 5.02 Å². The maximum absolute atomic E-state index is 13.1. The molecule has 1 amide bonds. The SMILES string of the molecule is Cc1cc(F)ccc1NC(=O)c1csc(-c2cccc(Cl)c2)n1. The van der Waals surface area contributed by atoms with Crippen molar-refractivity contribution >= 4 is 34.5 Å². The van der Waals surface area contributed by atoms with E-state index >= 15 is 0 Å². The minimum absolute atomic E-state index is 0.314. The van der Waals surface area contributed by atoms with E-state index in [0.29, 0.717) is 27.0 Å². The molecule has 0 aliphatic heterocycles. The van der Waals surface area contributed by atoms with Gasteiger partial charge in [0.1, 0.15) is 16.5 Å². The van der Waals surface area contributed by atoms with E-state index in [9.17, 15) is 9.18 Å². The van der Waals surface area contributed by atoms with Crippen LogP contribution in [0.5, 0.6) is 0 Å². The fourth-order valence-corrected chi connectivity index (χ4v) is 3.07. The highest BCUT2D eigenvalue weighted by atomic mass is 35.5. The lowest BCUT2D eigenvalue weighted by Crippen LogP contribution is -2.13. The molecule has 0 spiro atoms. The standard InChI is InChI=1S/C17H12ClFN2OS/c1-10-7-13(19)5-6-14(10)20-16(22)15-9-23-17(21-15)11-3-2-4-12(18)8-11/h2-9H,1H3,(H,20,22). The summed E-state index contributed by atoms with van der Waals surface area (Å²) in [4.78, 5) is 16.6. The van der Waals surface area contributed by atoms with Gasteiger partial charge in [-0.15, -0.1) is 11.3 Å². The van der Waals surface area contributed by atoms with Gasteiger partial charge in [0.15, 0.2) is 0 Å². The van der Waals surface area contributed by atoms with Gasteiger partial charge in [-0.1, -0.05) is 23.7 Å². The Hall–Kier alpha value is -2.24. The van der Waals surface area contributed by atoms with Gasteiger partial charge in [0, 0.05) is 21.7 Å². The third-order valence-electron chi connectivity index (χ3n) is 3.25. The first-order chi connectivity index (χ1) is 11.0.